The maximum Gasteiger partial charge on any atom is 0.240 e. The second kappa shape index (κ2) is 6.94. The van der Waals surface area contributed by atoms with Crippen LogP contribution >= 0.6 is 12.4 Å². The minimum atomic E-state index is -3.49. The molecule has 0 bridgehead atoms. The molecule has 0 atom stereocenters. The summed E-state index contributed by atoms with van der Waals surface area (Å²) < 4.78 is 31.5. The van der Waals surface area contributed by atoms with Gasteiger partial charge in [-0.05, 0) is 37.1 Å². The highest BCUT2D eigenvalue weighted by atomic mass is 35.5. The lowest BCUT2D eigenvalue weighted by atomic mass is 10.1. The van der Waals surface area contributed by atoms with Gasteiger partial charge in [-0.1, -0.05) is 0 Å². The highest BCUT2D eigenvalue weighted by Crippen LogP contribution is 2.25. The normalized spacial score (nSPS) is 10.9. The lowest BCUT2D eigenvalue weighted by molar-refractivity contribution is 0.411. The molecule has 18 heavy (non-hydrogen) atoms. The number of benzene rings is 1. The molecule has 1 rings (SSSR count). The summed E-state index contributed by atoms with van der Waals surface area (Å²) in [6.07, 6.45) is 0. The second-order valence-electron chi connectivity index (χ2n) is 3.77. The standard InChI is InChI=1S/C11H18N2O3S.ClH/c1-8-7-11(9(2)6-10(8)16-3)17(14,15)13-5-4-12;/h6-7,13H,4-5,12H2,1-3H3;1H. The van der Waals surface area contributed by atoms with Gasteiger partial charge in [-0.3, -0.25) is 0 Å². The van der Waals surface area contributed by atoms with E-state index in [-0.39, 0.29) is 30.4 Å². The number of methoxy groups -OCH3 is 1. The largest absolute Gasteiger partial charge is 0.496 e. The molecule has 0 aliphatic rings. The first kappa shape index (κ1) is 17.2. The Kier molecular flexibility index (Phi) is 6.62. The van der Waals surface area contributed by atoms with Crippen molar-refractivity contribution in [1.82, 2.24) is 4.72 Å². The summed E-state index contributed by atoms with van der Waals surface area (Å²) in [7, 11) is -1.93. The predicted molar refractivity (Wildman–Crippen MR) is 74.0 cm³/mol. The third-order valence-electron chi connectivity index (χ3n) is 2.42. The van der Waals surface area contributed by atoms with Crippen molar-refractivity contribution in [2.24, 2.45) is 5.73 Å². The molecule has 0 saturated carbocycles. The van der Waals surface area contributed by atoms with Gasteiger partial charge >= 0.3 is 0 Å². The van der Waals surface area contributed by atoms with Crippen LogP contribution in [0, 0.1) is 13.8 Å². The van der Waals surface area contributed by atoms with Gasteiger partial charge in [0, 0.05) is 13.1 Å². The number of nitrogens with two attached hydrogens (primary N) is 1. The van der Waals surface area contributed by atoms with Gasteiger partial charge in [-0.25, -0.2) is 13.1 Å². The average molecular weight is 295 g/mol. The highest BCUT2D eigenvalue weighted by Gasteiger charge is 2.17. The van der Waals surface area contributed by atoms with E-state index < -0.39 is 10.0 Å². The maximum absolute atomic E-state index is 12.0. The summed E-state index contributed by atoms with van der Waals surface area (Å²) in [6, 6.07) is 3.32. The van der Waals surface area contributed by atoms with Crippen LogP contribution in [0.4, 0.5) is 0 Å². The first-order valence-corrected chi connectivity index (χ1v) is 6.75. The van der Waals surface area contributed by atoms with Gasteiger partial charge in [0.05, 0.1) is 12.0 Å². The van der Waals surface area contributed by atoms with E-state index in [1.54, 1.807) is 33.1 Å². The Labute approximate surface area is 114 Å². The van der Waals surface area contributed by atoms with E-state index in [1.807, 2.05) is 0 Å². The third kappa shape index (κ3) is 3.84. The van der Waals surface area contributed by atoms with Crippen LogP contribution in [-0.4, -0.2) is 28.6 Å². The van der Waals surface area contributed by atoms with Crippen molar-refractivity contribution in [3.05, 3.63) is 23.3 Å². The number of nitrogens with one attached hydrogen (secondary N) is 1. The van der Waals surface area contributed by atoms with Gasteiger partial charge in [0.25, 0.3) is 0 Å². The third-order valence-corrected chi connectivity index (χ3v) is 4.02. The number of hydrogen-bond donors (Lipinski definition) is 2. The highest BCUT2D eigenvalue weighted by molar-refractivity contribution is 7.89. The van der Waals surface area contributed by atoms with Gasteiger partial charge < -0.3 is 10.5 Å². The van der Waals surface area contributed by atoms with E-state index >= 15 is 0 Å². The molecule has 0 fully saturated rings. The molecule has 0 amide bonds. The van der Waals surface area contributed by atoms with Crippen molar-refractivity contribution >= 4 is 22.4 Å². The van der Waals surface area contributed by atoms with Gasteiger partial charge in [0.15, 0.2) is 0 Å². The van der Waals surface area contributed by atoms with Gasteiger partial charge in [-0.2, -0.15) is 0 Å². The molecule has 1 aromatic carbocycles. The van der Waals surface area contributed by atoms with Gasteiger partial charge in [0.1, 0.15) is 5.75 Å². The molecule has 3 N–H and O–H groups in total. The maximum atomic E-state index is 12.0. The molecule has 0 radical (unpaired) electrons. The molecule has 0 heterocycles. The van der Waals surface area contributed by atoms with E-state index in [0.29, 0.717) is 11.3 Å². The minimum absolute atomic E-state index is 0. The SMILES string of the molecule is COc1cc(C)c(S(=O)(=O)NCCN)cc1C.Cl. The van der Waals surface area contributed by atoms with E-state index in [2.05, 4.69) is 4.72 Å². The number of aryl methyl sites for hydroxylation is 2. The Bertz CT molecular complexity index is 503. The molecule has 5 nitrogen and oxygen atoms in total. The molecule has 7 heteroatoms. The molecule has 0 spiro atoms. The van der Waals surface area contributed by atoms with Crippen molar-refractivity contribution < 1.29 is 13.2 Å². The Morgan fingerprint density at radius 3 is 2.39 bits per heavy atom. The Hall–Kier alpha value is -0.820. The van der Waals surface area contributed by atoms with Crippen LogP contribution in [-0.2, 0) is 10.0 Å². The summed E-state index contributed by atoms with van der Waals surface area (Å²) >= 11 is 0. The Morgan fingerprint density at radius 2 is 1.89 bits per heavy atom. The predicted octanol–water partition coefficient (Wildman–Crippen LogP) is 0.971. The van der Waals surface area contributed by atoms with E-state index in [0.717, 1.165) is 5.56 Å². The molecule has 0 aliphatic carbocycles. The molecule has 104 valence electrons. The van der Waals surface area contributed by atoms with Crippen molar-refractivity contribution in [3.8, 4) is 5.75 Å². The van der Waals surface area contributed by atoms with Crippen molar-refractivity contribution in [2.75, 3.05) is 20.2 Å². The van der Waals surface area contributed by atoms with Crippen molar-refractivity contribution in [1.29, 1.82) is 0 Å². The van der Waals surface area contributed by atoms with Crippen LogP contribution in [0.15, 0.2) is 17.0 Å². The monoisotopic (exact) mass is 294 g/mol. The zero-order valence-electron chi connectivity index (χ0n) is 10.7. The van der Waals surface area contributed by atoms with Crippen LogP contribution in [0.1, 0.15) is 11.1 Å². The lowest BCUT2D eigenvalue weighted by Crippen LogP contribution is -2.29. The molecule has 0 saturated heterocycles. The van der Waals surface area contributed by atoms with E-state index in [1.165, 1.54) is 0 Å². The van der Waals surface area contributed by atoms with Crippen LogP contribution in [0.3, 0.4) is 0 Å². The average Bonchev–Trinajstić information content (AvgIpc) is 2.28. The summed E-state index contributed by atoms with van der Waals surface area (Å²) in [5, 5.41) is 0. The fourth-order valence-electron chi connectivity index (χ4n) is 1.54. The molecule has 0 aliphatic heterocycles. The Morgan fingerprint density at radius 1 is 1.28 bits per heavy atom. The molecule has 0 unspecified atom stereocenters. The smallest absolute Gasteiger partial charge is 0.240 e. The van der Waals surface area contributed by atoms with Crippen LogP contribution in [0.5, 0.6) is 5.75 Å². The zero-order valence-corrected chi connectivity index (χ0v) is 12.3. The summed E-state index contributed by atoms with van der Waals surface area (Å²) in [5.41, 5.74) is 6.71. The molecule has 0 aromatic heterocycles. The fourth-order valence-corrected chi connectivity index (χ4v) is 2.90. The fraction of sp³-hybridized carbons (Fsp3) is 0.455. The Balaban J connectivity index is 0.00000289. The van der Waals surface area contributed by atoms with Crippen molar-refractivity contribution in [2.45, 2.75) is 18.7 Å². The number of rotatable bonds is 5. The summed E-state index contributed by atoms with van der Waals surface area (Å²) in [4.78, 5) is 0.268. The summed E-state index contributed by atoms with van der Waals surface area (Å²) in [5.74, 6) is 0.681. The number of hydrogen-bond acceptors (Lipinski definition) is 4. The van der Waals surface area contributed by atoms with Crippen molar-refractivity contribution in [3.63, 3.8) is 0 Å². The minimum Gasteiger partial charge on any atom is -0.496 e. The molecule has 1 aromatic rings. The second-order valence-corrected chi connectivity index (χ2v) is 5.51. The zero-order chi connectivity index (χ0) is 13.1. The van der Waals surface area contributed by atoms with E-state index in [9.17, 15) is 8.42 Å². The molecular weight excluding hydrogens is 276 g/mol. The topological polar surface area (TPSA) is 81.4 Å². The molecular formula is C11H19ClN2O3S. The van der Waals surface area contributed by atoms with E-state index in [4.69, 9.17) is 10.5 Å². The number of ether oxygens (including phenoxy) is 1. The van der Waals surface area contributed by atoms with Crippen LogP contribution in [0.2, 0.25) is 0 Å². The quantitative estimate of drug-likeness (QED) is 0.848. The number of sulfonamides is 1. The summed E-state index contributed by atoms with van der Waals surface area (Å²) in [6.45, 7) is 4.04. The van der Waals surface area contributed by atoms with Crippen LogP contribution < -0.4 is 15.2 Å². The van der Waals surface area contributed by atoms with Crippen LogP contribution in [0.25, 0.3) is 0 Å². The number of halogens is 1. The van der Waals surface area contributed by atoms with Gasteiger partial charge in [-0.15, -0.1) is 12.4 Å². The first-order chi connectivity index (χ1) is 7.92. The first-order valence-electron chi connectivity index (χ1n) is 5.27. The lowest BCUT2D eigenvalue weighted by Gasteiger charge is -2.12. The van der Waals surface area contributed by atoms with Gasteiger partial charge in [0.2, 0.25) is 10.0 Å².